The van der Waals surface area contributed by atoms with Gasteiger partial charge in [-0.3, -0.25) is 4.79 Å². The molecule has 0 N–H and O–H groups in total. The lowest BCUT2D eigenvalue weighted by Crippen LogP contribution is -2.21. The van der Waals surface area contributed by atoms with Gasteiger partial charge >= 0.3 is 0 Å². The van der Waals surface area contributed by atoms with Gasteiger partial charge in [-0.05, 0) is 51.8 Å². The molecule has 3 nitrogen and oxygen atoms in total. The molecule has 0 spiro atoms. The summed E-state index contributed by atoms with van der Waals surface area (Å²) >= 11 is 9.30. The molecule has 2 rings (SSSR count). The fourth-order valence-corrected chi connectivity index (χ4v) is 2.60. The molecule has 1 amide bonds. The molecule has 0 saturated carbocycles. The Morgan fingerprint density at radius 2 is 2.00 bits per heavy atom. The lowest BCUT2D eigenvalue weighted by atomic mass is 10.1. The van der Waals surface area contributed by atoms with Crippen LogP contribution in [-0.2, 0) is 6.61 Å². The number of hydrogen-bond acceptors (Lipinski definition) is 2. The first-order valence-corrected chi connectivity index (χ1v) is 7.53. The van der Waals surface area contributed by atoms with Crippen LogP contribution in [0.15, 0.2) is 46.9 Å². The van der Waals surface area contributed by atoms with Crippen LogP contribution in [0.4, 0.5) is 0 Å². The zero-order chi connectivity index (χ0) is 15.4. The maximum atomic E-state index is 11.9. The minimum Gasteiger partial charge on any atom is -0.488 e. The molecule has 2 aromatic carbocycles. The van der Waals surface area contributed by atoms with E-state index in [2.05, 4.69) is 15.9 Å². The van der Waals surface area contributed by atoms with Crippen molar-refractivity contribution < 1.29 is 9.53 Å². The third kappa shape index (κ3) is 4.22. The van der Waals surface area contributed by atoms with Crippen molar-refractivity contribution in [3.05, 3.63) is 63.1 Å². The van der Waals surface area contributed by atoms with Crippen molar-refractivity contribution in [3.63, 3.8) is 0 Å². The summed E-state index contributed by atoms with van der Waals surface area (Å²) in [6.07, 6.45) is 0. The van der Waals surface area contributed by atoms with E-state index in [-0.39, 0.29) is 5.91 Å². The summed E-state index contributed by atoms with van der Waals surface area (Å²) in [6.45, 7) is 0.384. The molecule has 21 heavy (non-hydrogen) atoms. The molecule has 5 heteroatoms. The number of carbonyl (C=O) groups is 1. The molecule has 2 aromatic rings. The van der Waals surface area contributed by atoms with Gasteiger partial charge in [-0.25, -0.2) is 0 Å². The van der Waals surface area contributed by atoms with Crippen LogP contribution in [0.25, 0.3) is 0 Å². The van der Waals surface area contributed by atoms with Crippen molar-refractivity contribution in [2.75, 3.05) is 14.1 Å². The highest BCUT2D eigenvalue weighted by Gasteiger charge is 2.09. The van der Waals surface area contributed by atoms with Crippen LogP contribution in [-0.4, -0.2) is 24.9 Å². The summed E-state index contributed by atoms with van der Waals surface area (Å²) in [4.78, 5) is 13.5. The largest absolute Gasteiger partial charge is 0.488 e. The van der Waals surface area contributed by atoms with E-state index in [0.717, 1.165) is 10.0 Å². The zero-order valence-corrected chi connectivity index (χ0v) is 14.1. The molecule has 0 saturated heterocycles. The van der Waals surface area contributed by atoms with Crippen LogP contribution in [0, 0.1) is 0 Å². The first kappa shape index (κ1) is 15.9. The predicted molar refractivity (Wildman–Crippen MR) is 87.9 cm³/mol. The van der Waals surface area contributed by atoms with E-state index in [0.29, 0.717) is 22.9 Å². The molecule has 0 aliphatic rings. The summed E-state index contributed by atoms with van der Waals surface area (Å²) in [5, 5.41) is 0.646. The number of hydrogen-bond donors (Lipinski definition) is 0. The van der Waals surface area contributed by atoms with Crippen LogP contribution >= 0.6 is 27.5 Å². The Hall–Kier alpha value is -1.52. The van der Waals surface area contributed by atoms with Gasteiger partial charge < -0.3 is 9.64 Å². The van der Waals surface area contributed by atoms with Crippen molar-refractivity contribution in [1.29, 1.82) is 0 Å². The highest BCUT2D eigenvalue weighted by Crippen LogP contribution is 2.28. The molecule has 0 heterocycles. The molecule has 0 unspecified atom stereocenters. The second kappa shape index (κ2) is 6.96. The van der Waals surface area contributed by atoms with Gasteiger partial charge in [-0.1, -0.05) is 23.7 Å². The Labute approximate surface area is 137 Å². The monoisotopic (exact) mass is 367 g/mol. The summed E-state index contributed by atoms with van der Waals surface area (Å²) in [5.74, 6) is 0.688. The maximum absolute atomic E-state index is 11.9. The SMILES string of the molecule is CN(C)C(=O)c1cccc(COc2ccc(Cl)cc2Br)c1. The third-order valence-corrected chi connectivity index (χ3v) is 3.72. The predicted octanol–water partition coefficient (Wildman–Crippen LogP) is 4.38. The van der Waals surface area contributed by atoms with Crippen LogP contribution in [0.3, 0.4) is 0 Å². The van der Waals surface area contributed by atoms with E-state index in [9.17, 15) is 4.79 Å². The normalized spacial score (nSPS) is 10.3. The van der Waals surface area contributed by atoms with Crippen molar-refractivity contribution in [2.45, 2.75) is 6.61 Å². The maximum Gasteiger partial charge on any atom is 0.253 e. The molecular formula is C16H15BrClNO2. The van der Waals surface area contributed by atoms with E-state index >= 15 is 0 Å². The van der Waals surface area contributed by atoms with Gasteiger partial charge in [0.2, 0.25) is 0 Å². The molecule has 0 bridgehead atoms. The number of benzene rings is 2. The van der Waals surface area contributed by atoms with Crippen LogP contribution in [0.5, 0.6) is 5.75 Å². The van der Waals surface area contributed by atoms with Gasteiger partial charge in [0, 0.05) is 24.7 Å². The van der Waals surface area contributed by atoms with Gasteiger partial charge in [-0.15, -0.1) is 0 Å². The molecular weight excluding hydrogens is 354 g/mol. The summed E-state index contributed by atoms with van der Waals surface area (Å²) < 4.78 is 6.54. The van der Waals surface area contributed by atoms with E-state index in [1.54, 1.807) is 43.3 Å². The fourth-order valence-electron chi connectivity index (χ4n) is 1.81. The molecule has 0 fully saturated rings. The second-order valence-electron chi connectivity index (χ2n) is 4.76. The number of rotatable bonds is 4. The lowest BCUT2D eigenvalue weighted by Gasteiger charge is -2.12. The van der Waals surface area contributed by atoms with Crippen LogP contribution < -0.4 is 4.74 Å². The minimum absolute atomic E-state index is 0.0236. The van der Waals surface area contributed by atoms with E-state index in [1.807, 2.05) is 18.2 Å². The van der Waals surface area contributed by atoms with Gasteiger partial charge in [0.1, 0.15) is 12.4 Å². The van der Waals surface area contributed by atoms with Gasteiger partial charge in [0.25, 0.3) is 5.91 Å². The topological polar surface area (TPSA) is 29.5 Å². The van der Waals surface area contributed by atoms with E-state index < -0.39 is 0 Å². The number of nitrogens with zero attached hydrogens (tertiary/aromatic N) is 1. The Balaban J connectivity index is 2.10. The number of amides is 1. The number of carbonyl (C=O) groups excluding carboxylic acids is 1. The highest BCUT2D eigenvalue weighted by molar-refractivity contribution is 9.10. The van der Waals surface area contributed by atoms with Crippen molar-refractivity contribution in [1.82, 2.24) is 4.90 Å². The Bertz CT molecular complexity index is 658. The highest BCUT2D eigenvalue weighted by atomic mass is 79.9. The number of ether oxygens (including phenoxy) is 1. The molecule has 0 aromatic heterocycles. The van der Waals surface area contributed by atoms with Crippen molar-refractivity contribution in [2.24, 2.45) is 0 Å². The average molecular weight is 369 g/mol. The average Bonchev–Trinajstić information content (AvgIpc) is 2.45. The first-order valence-electron chi connectivity index (χ1n) is 6.36. The molecule has 110 valence electrons. The lowest BCUT2D eigenvalue weighted by molar-refractivity contribution is 0.0827. The smallest absolute Gasteiger partial charge is 0.253 e. The van der Waals surface area contributed by atoms with E-state index in [4.69, 9.17) is 16.3 Å². The standard InChI is InChI=1S/C16H15BrClNO2/c1-19(2)16(20)12-5-3-4-11(8-12)10-21-15-7-6-13(18)9-14(15)17/h3-9H,10H2,1-2H3. The van der Waals surface area contributed by atoms with E-state index in [1.165, 1.54) is 0 Å². The molecule has 0 aliphatic heterocycles. The van der Waals surface area contributed by atoms with Gasteiger partial charge in [-0.2, -0.15) is 0 Å². The Morgan fingerprint density at radius 3 is 2.67 bits per heavy atom. The van der Waals surface area contributed by atoms with Crippen LogP contribution in [0.2, 0.25) is 5.02 Å². The minimum atomic E-state index is -0.0236. The molecule has 0 aliphatic carbocycles. The Morgan fingerprint density at radius 1 is 1.24 bits per heavy atom. The van der Waals surface area contributed by atoms with Gasteiger partial charge in [0.05, 0.1) is 4.47 Å². The van der Waals surface area contributed by atoms with Crippen molar-refractivity contribution in [3.8, 4) is 5.75 Å². The summed E-state index contributed by atoms with van der Waals surface area (Å²) in [5.41, 5.74) is 1.58. The molecule has 0 atom stereocenters. The first-order chi connectivity index (χ1) is 9.97. The second-order valence-corrected chi connectivity index (χ2v) is 6.05. The van der Waals surface area contributed by atoms with Crippen molar-refractivity contribution >= 4 is 33.4 Å². The fraction of sp³-hybridized carbons (Fsp3) is 0.188. The van der Waals surface area contributed by atoms with Crippen LogP contribution in [0.1, 0.15) is 15.9 Å². The quantitative estimate of drug-likeness (QED) is 0.801. The summed E-state index contributed by atoms with van der Waals surface area (Å²) in [6, 6.07) is 12.8. The molecule has 0 radical (unpaired) electrons. The van der Waals surface area contributed by atoms with Gasteiger partial charge in [0.15, 0.2) is 0 Å². The Kier molecular flexibility index (Phi) is 5.26. The third-order valence-electron chi connectivity index (χ3n) is 2.87. The zero-order valence-electron chi connectivity index (χ0n) is 11.8. The summed E-state index contributed by atoms with van der Waals surface area (Å²) in [7, 11) is 3.46. The number of halogens is 2.